The number of hydrogen-bond acceptors (Lipinski definition) is 4. The van der Waals surface area contributed by atoms with Crippen LogP contribution in [0.5, 0.6) is 0 Å². The average Bonchev–Trinajstić information content (AvgIpc) is 3.00. The van der Waals surface area contributed by atoms with Gasteiger partial charge in [-0.3, -0.25) is 4.79 Å². The van der Waals surface area contributed by atoms with Gasteiger partial charge in [-0.2, -0.15) is 26.3 Å². The molecule has 2 heterocycles. The molecule has 0 aliphatic carbocycles. The molecule has 1 saturated heterocycles. The van der Waals surface area contributed by atoms with Crippen LogP contribution in [0.2, 0.25) is 0 Å². The highest BCUT2D eigenvalue weighted by Gasteiger charge is 2.45. The van der Waals surface area contributed by atoms with Crippen molar-refractivity contribution < 1.29 is 41.0 Å². The number of alkyl halides is 6. The molecule has 2 aliphatic heterocycles. The van der Waals surface area contributed by atoms with Crippen LogP contribution in [-0.4, -0.2) is 47.7 Å². The van der Waals surface area contributed by atoms with Gasteiger partial charge in [-0.1, -0.05) is 18.2 Å². The van der Waals surface area contributed by atoms with Gasteiger partial charge >= 0.3 is 18.3 Å². The minimum absolute atomic E-state index is 0.209. The van der Waals surface area contributed by atoms with Crippen molar-refractivity contribution in [3.8, 4) is 0 Å². The monoisotopic (exact) mass is 461 g/mol. The molecule has 6 nitrogen and oxygen atoms in total. The van der Waals surface area contributed by atoms with Gasteiger partial charge in [-0.25, -0.2) is 4.79 Å². The fraction of sp³-hybridized carbons (Fsp3) is 0.300. The van der Waals surface area contributed by atoms with Gasteiger partial charge in [0.15, 0.2) is 0 Å². The van der Waals surface area contributed by atoms with E-state index >= 15 is 0 Å². The van der Waals surface area contributed by atoms with Crippen LogP contribution in [0.1, 0.15) is 27.5 Å². The van der Waals surface area contributed by atoms with Crippen molar-refractivity contribution in [3.63, 3.8) is 0 Å². The van der Waals surface area contributed by atoms with E-state index in [0.717, 1.165) is 6.07 Å². The van der Waals surface area contributed by atoms with Crippen LogP contribution < -0.4 is 10.6 Å². The Hall–Kier alpha value is -3.28. The number of aliphatic carboxylic acids is 1. The summed E-state index contributed by atoms with van der Waals surface area (Å²) in [5.74, 6) is -3.28. The van der Waals surface area contributed by atoms with Crippen molar-refractivity contribution in [2.75, 3.05) is 25.0 Å². The van der Waals surface area contributed by atoms with Crippen molar-refractivity contribution in [2.45, 2.75) is 18.4 Å². The Morgan fingerprint density at radius 1 is 1.06 bits per heavy atom. The van der Waals surface area contributed by atoms with Crippen molar-refractivity contribution in [1.29, 1.82) is 0 Å². The molecule has 1 fully saturated rings. The highest BCUT2D eigenvalue weighted by Crippen LogP contribution is 2.44. The molecular weight excluding hydrogens is 444 g/mol. The topological polar surface area (TPSA) is 81.7 Å². The summed E-state index contributed by atoms with van der Waals surface area (Å²) < 4.78 is 72.5. The number of para-hydroxylation sites is 1. The Balaban J connectivity index is 0.000000360. The normalized spacial score (nSPS) is 17.8. The van der Waals surface area contributed by atoms with Crippen molar-refractivity contribution in [1.82, 2.24) is 10.2 Å². The number of benzene rings is 2. The number of nitrogens with zero attached hydrogens (tertiary/aromatic N) is 1. The molecule has 2 aliphatic rings. The van der Waals surface area contributed by atoms with Crippen molar-refractivity contribution in [2.24, 2.45) is 0 Å². The number of rotatable bonds is 2. The van der Waals surface area contributed by atoms with Crippen LogP contribution in [0.4, 0.5) is 37.7 Å². The quantitative estimate of drug-likeness (QED) is 0.585. The number of anilines is 2. The molecule has 4 rings (SSSR count). The second-order valence-electron chi connectivity index (χ2n) is 7.00. The first-order chi connectivity index (χ1) is 14.9. The predicted molar refractivity (Wildman–Crippen MR) is 102 cm³/mol. The fourth-order valence-corrected chi connectivity index (χ4v) is 3.52. The molecular formula is C20H17F6N3O3. The largest absolute Gasteiger partial charge is 0.490 e. The lowest BCUT2D eigenvalue weighted by atomic mass is 9.97. The Morgan fingerprint density at radius 3 is 2.25 bits per heavy atom. The molecule has 3 N–H and O–H groups in total. The maximum atomic E-state index is 13.6. The number of hydrogen-bond donors (Lipinski definition) is 3. The number of nitrogens with one attached hydrogen (secondary N) is 2. The molecule has 0 saturated carbocycles. The van der Waals surface area contributed by atoms with Crippen LogP contribution in [0.3, 0.4) is 0 Å². The second kappa shape index (κ2) is 8.69. The van der Waals surface area contributed by atoms with Gasteiger partial charge in [0.25, 0.3) is 5.91 Å². The zero-order valence-corrected chi connectivity index (χ0v) is 16.2. The van der Waals surface area contributed by atoms with Gasteiger partial charge in [-0.05, 0) is 29.8 Å². The van der Waals surface area contributed by atoms with E-state index in [4.69, 9.17) is 9.90 Å². The van der Waals surface area contributed by atoms with E-state index in [0.29, 0.717) is 36.6 Å². The SMILES string of the molecule is O=C(O)C(F)(F)F.O=C1c2c(cc(Nc3ccccc3)cc2C(F)(F)F)[C@@H]2CNCCN12. The third-order valence-electron chi connectivity index (χ3n) is 4.86. The van der Waals surface area contributed by atoms with Gasteiger partial charge in [0.1, 0.15) is 0 Å². The molecule has 0 spiro atoms. The minimum Gasteiger partial charge on any atom is -0.475 e. The zero-order chi connectivity index (χ0) is 23.7. The van der Waals surface area contributed by atoms with E-state index < -0.39 is 29.8 Å². The van der Waals surface area contributed by atoms with E-state index in [-0.39, 0.29) is 11.6 Å². The molecule has 0 radical (unpaired) electrons. The molecule has 1 atom stereocenters. The van der Waals surface area contributed by atoms with E-state index in [2.05, 4.69) is 10.6 Å². The standard InChI is InChI=1S/C18H16F3N3O.C2HF3O2/c19-18(20,21)14-9-12(23-11-4-2-1-3-5-11)8-13-15-10-22-6-7-24(15)17(25)16(13)14;3-2(4,5)1(6)7/h1-5,8-9,15,22-23H,6-7,10H2;(H,6,7)/t15-;/m0./s1. The van der Waals surface area contributed by atoms with Crippen LogP contribution in [0.15, 0.2) is 42.5 Å². The zero-order valence-electron chi connectivity index (χ0n) is 16.2. The van der Waals surface area contributed by atoms with Crippen LogP contribution in [0, 0.1) is 0 Å². The summed E-state index contributed by atoms with van der Waals surface area (Å²) >= 11 is 0. The van der Waals surface area contributed by atoms with E-state index in [1.165, 1.54) is 4.90 Å². The maximum absolute atomic E-state index is 13.6. The third-order valence-corrected chi connectivity index (χ3v) is 4.86. The summed E-state index contributed by atoms with van der Waals surface area (Å²) in [7, 11) is 0. The third kappa shape index (κ3) is 4.96. The van der Waals surface area contributed by atoms with Gasteiger partial charge in [0, 0.05) is 31.0 Å². The predicted octanol–water partition coefficient (Wildman–Crippen LogP) is 4.18. The average molecular weight is 461 g/mol. The fourth-order valence-electron chi connectivity index (χ4n) is 3.52. The molecule has 172 valence electrons. The summed E-state index contributed by atoms with van der Waals surface area (Å²) in [6, 6.07) is 11.3. The number of halogens is 6. The molecule has 2 aromatic carbocycles. The summed E-state index contributed by atoms with van der Waals surface area (Å²) in [6.07, 6.45) is -9.67. The summed E-state index contributed by atoms with van der Waals surface area (Å²) in [6.45, 7) is 1.47. The molecule has 1 amide bonds. The lowest BCUT2D eigenvalue weighted by molar-refractivity contribution is -0.192. The van der Waals surface area contributed by atoms with E-state index in [1.54, 1.807) is 30.3 Å². The second-order valence-corrected chi connectivity index (χ2v) is 7.00. The summed E-state index contributed by atoms with van der Waals surface area (Å²) in [5.41, 5.74) is 0.379. The minimum atomic E-state index is -5.08. The molecule has 2 aromatic rings. The van der Waals surface area contributed by atoms with Gasteiger partial charge < -0.3 is 20.6 Å². The Morgan fingerprint density at radius 2 is 1.69 bits per heavy atom. The smallest absolute Gasteiger partial charge is 0.475 e. The first-order valence-electron chi connectivity index (χ1n) is 9.28. The molecule has 0 aromatic heterocycles. The van der Waals surface area contributed by atoms with Crippen LogP contribution >= 0.6 is 0 Å². The maximum Gasteiger partial charge on any atom is 0.490 e. The number of amides is 1. The van der Waals surface area contributed by atoms with Gasteiger partial charge in [-0.15, -0.1) is 0 Å². The highest BCUT2D eigenvalue weighted by molar-refractivity contribution is 6.01. The Bertz CT molecular complexity index is 1010. The van der Waals surface area contributed by atoms with Crippen molar-refractivity contribution >= 4 is 23.3 Å². The number of piperazine rings is 1. The first-order valence-corrected chi connectivity index (χ1v) is 9.28. The van der Waals surface area contributed by atoms with Crippen molar-refractivity contribution in [3.05, 3.63) is 59.2 Å². The number of carbonyl (C=O) groups excluding carboxylic acids is 1. The van der Waals surface area contributed by atoms with Crippen LogP contribution in [0.25, 0.3) is 0 Å². The van der Waals surface area contributed by atoms with Gasteiger partial charge in [0.2, 0.25) is 0 Å². The number of carboxylic acid groups (broad SMARTS) is 1. The molecule has 0 bridgehead atoms. The van der Waals surface area contributed by atoms with E-state index in [1.807, 2.05) is 6.07 Å². The number of carbonyl (C=O) groups is 2. The molecule has 12 heteroatoms. The Kier molecular flexibility index (Phi) is 6.35. The van der Waals surface area contributed by atoms with Gasteiger partial charge in [0.05, 0.1) is 17.2 Å². The molecule has 32 heavy (non-hydrogen) atoms. The Labute approximate surface area is 177 Å². The molecule has 0 unspecified atom stereocenters. The lowest BCUT2D eigenvalue weighted by Crippen LogP contribution is -2.44. The first kappa shape index (κ1) is 23.4. The summed E-state index contributed by atoms with van der Waals surface area (Å²) in [4.78, 5) is 23.0. The number of carboxylic acids is 1. The highest BCUT2D eigenvalue weighted by atomic mass is 19.4. The van der Waals surface area contributed by atoms with Crippen LogP contribution in [-0.2, 0) is 11.0 Å². The summed E-state index contributed by atoms with van der Waals surface area (Å²) in [5, 5.41) is 13.3. The van der Waals surface area contributed by atoms with E-state index in [9.17, 15) is 31.1 Å². The lowest BCUT2D eigenvalue weighted by Gasteiger charge is -2.30. The number of fused-ring (bicyclic) bond motifs is 3.